The van der Waals surface area contributed by atoms with E-state index in [1.54, 1.807) is 0 Å². The van der Waals surface area contributed by atoms with E-state index in [2.05, 4.69) is 46.5 Å². The number of hydrogen-bond donors (Lipinski definition) is 1. The number of hydrogen-bond acceptors (Lipinski definition) is 6. The SMILES string of the molecule is N#Cc1ccc(S(=O)(=O)Nc2ncc(Br)nc2Br)s1. The summed E-state index contributed by atoms with van der Waals surface area (Å²) in [5.41, 5.74) is 0. The first kappa shape index (κ1) is 14.4. The molecule has 98 valence electrons. The van der Waals surface area contributed by atoms with Gasteiger partial charge in [0.25, 0.3) is 10.0 Å². The fourth-order valence-electron chi connectivity index (χ4n) is 1.12. The summed E-state index contributed by atoms with van der Waals surface area (Å²) in [5, 5.41) is 8.69. The summed E-state index contributed by atoms with van der Waals surface area (Å²) in [6.45, 7) is 0. The minimum Gasteiger partial charge on any atom is -0.260 e. The van der Waals surface area contributed by atoms with Crippen LogP contribution in [0.15, 0.2) is 31.7 Å². The van der Waals surface area contributed by atoms with E-state index < -0.39 is 10.0 Å². The van der Waals surface area contributed by atoms with Crippen molar-refractivity contribution < 1.29 is 8.42 Å². The molecule has 10 heteroatoms. The smallest absolute Gasteiger partial charge is 0.260 e. The molecule has 0 bridgehead atoms. The summed E-state index contributed by atoms with van der Waals surface area (Å²) in [6.07, 6.45) is 1.37. The van der Waals surface area contributed by atoms with Gasteiger partial charge < -0.3 is 0 Å². The van der Waals surface area contributed by atoms with Crippen molar-refractivity contribution in [2.24, 2.45) is 0 Å². The maximum Gasteiger partial charge on any atom is 0.272 e. The number of rotatable bonds is 3. The van der Waals surface area contributed by atoms with Crippen LogP contribution in [0.3, 0.4) is 0 Å². The standard InChI is InChI=1S/C9H4Br2N4O2S2/c10-6-4-13-9(8(11)14-6)15-19(16,17)7-2-1-5(3-12)18-7/h1-2,4H,(H,13,15). The quantitative estimate of drug-likeness (QED) is 0.818. The van der Waals surface area contributed by atoms with E-state index in [-0.39, 0.29) is 14.6 Å². The number of halogens is 2. The van der Waals surface area contributed by atoms with Crippen LogP contribution in [-0.4, -0.2) is 18.4 Å². The van der Waals surface area contributed by atoms with Crippen LogP contribution in [0.2, 0.25) is 0 Å². The Morgan fingerprint density at radius 2 is 2.11 bits per heavy atom. The molecule has 0 spiro atoms. The Balaban J connectivity index is 2.34. The molecule has 19 heavy (non-hydrogen) atoms. The lowest BCUT2D eigenvalue weighted by atomic mass is 10.5. The lowest BCUT2D eigenvalue weighted by molar-refractivity contribution is 0.603. The zero-order valence-electron chi connectivity index (χ0n) is 8.96. The van der Waals surface area contributed by atoms with Gasteiger partial charge >= 0.3 is 0 Å². The van der Waals surface area contributed by atoms with Crippen molar-refractivity contribution in [3.05, 3.63) is 32.4 Å². The third-order valence-electron chi connectivity index (χ3n) is 1.89. The van der Waals surface area contributed by atoms with Crippen molar-refractivity contribution in [3.63, 3.8) is 0 Å². The summed E-state index contributed by atoms with van der Waals surface area (Å²) in [6, 6.07) is 4.70. The molecule has 6 nitrogen and oxygen atoms in total. The predicted molar refractivity (Wildman–Crippen MR) is 77.3 cm³/mol. The van der Waals surface area contributed by atoms with Crippen LogP contribution >= 0.6 is 43.2 Å². The van der Waals surface area contributed by atoms with Gasteiger partial charge in [-0.3, -0.25) is 4.72 Å². The molecule has 2 aromatic rings. The van der Waals surface area contributed by atoms with Gasteiger partial charge in [-0.1, -0.05) is 0 Å². The average molecular weight is 424 g/mol. The van der Waals surface area contributed by atoms with Crippen molar-refractivity contribution in [1.29, 1.82) is 5.26 Å². The first-order chi connectivity index (χ1) is 8.92. The molecule has 0 saturated carbocycles. The minimum atomic E-state index is -3.77. The molecule has 2 heterocycles. The molecule has 0 aliphatic heterocycles. The van der Waals surface area contributed by atoms with E-state index in [0.29, 0.717) is 9.48 Å². The Labute approximate surface area is 129 Å². The van der Waals surface area contributed by atoms with Crippen molar-refractivity contribution in [3.8, 4) is 6.07 Å². The van der Waals surface area contributed by atoms with Crippen LogP contribution in [0.1, 0.15) is 4.88 Å². The van der Waals surface area contributed by atoms with Crippen molar-refractivity contribution >= 4 is 59.0 Å². The first-order valence-corrected chi connectivity index (χ1v) is 8.52. The number of sulfonamides is 1. The first-order valence-electron chi connectivity index (χ1n) is 4.63. The highest BCUT2D eigenvalue weighted by atomic mass is 79.9. The molecular weight excluding hydrogens is 420 g/mol. The summed E-state index contributed by atoms with van der Waals surface area (Å²) in [7, 11) is -3.77. The van der Waals surface area contributed by atoms with Gasteiger partial charge in [-0.05, 0) is 44.0 Å². The molecule has 0 radical (unpaired) electrons. The fraction of sp³-hybridized carbons (Fsp3) is 0. The molecule has 0 fully saturated rings. The number of anilines is 1. The normalized spacial score (nSPS) is 11.0. The lowest BCUT2D eigenvalue weighted by Gasteiger charge is -2.06. The van der Waals surface area contributed by atoms with E-state index in [9.17, 15) is 8.42 Å². The van der Waals surface area contributed by atoms with Crippen molar-refractivity contribution in [2.75, 3.05) is 4.72 Å². The largest absolute Gasteiger partial charge is 0.272 e. The minimum absolute atomic E-state index is 0.0423. The summed E-state index contributed by atoms with van der Waals surface area (Å²) < 4.78 is 27.2. The molecular formula is C9H4Br2N4O2S2. The maximum atomic E-state index is 12.1. The predicted octanol–water partition coefficient (Wildman–Crippen LogP) is 2.74. The monoisotopic (exact) mass is 422 g/mol. The highest BCUT2D eigenvalue weighted by molar-refractivity contribution is 9.11. The van der Waals surface area contributed by atoms with E-state index in [1.165, 1.54) is 18.3 Å². The van der Waals surface area contributed by atoms with Gasteiger partial charge in [-0.2, -0.15) is 5.26 Å². The molecule has 2 rings (SSSR count). The summed E-state index contributed by atoms with van der Waals surface area (Å²) in [5.74, 6) is 0.0788. The van der Waals surface area contributed by atoms with Crippen LogP contribution in [0, 0.1) is 11.3 Å². The number of nitrogens with one attached hydrogen (secondary N) is 1. The molecule has 0 aliphatic carbocycles. The zero-order valence-corrected chi connectivity index (χ0v) is 13.8. The van der Waals surface area contributed by atoms with E-state index in [4.69, 9.17) is 5.26 Å². The van der Waals surface area contributed by atoms with Crippen LogP contribution in [0.4, 0.5) is 5.82 Å². The molecule has 0 saturated heterocycles. The van der Waals surface area contributed by atoms with Gasteiger partial charge in [0.2, 0.25) is 0 Å². The molecule has 0 amide bonds. The Hall–Kier alpha value is -1.02. The Morgan fingerprint density at radius 1 is 1.37 bits per heavy atom. The molecule has 0 aliphatic rings. The van der Waals surface area contributed by atoms with Gasteiger partial charge in [-0.25, -0.2) is 18.4 Å². The van der Waals surface area contributed by atoms with E-state index in [1.807, 2.05) is 6.07 Å². The molecule has 0 aromatic carbocycles. The van der Waals surface area contributed by atoms with Gasteiger partial charge in [0.05, 0.1) is 6.20 Å². The number of nitrogens with zero attached hydrogens (tertiary/aromatic N) is 3. The van der Waals surface area contributed by atoms with Crippen molar-refractivity contribution in [2.45, 2.75) is 4.21 Å². The number of thiophene rings is 1. The van der Waals surface area contributed by atoms with E-state index in [0.717, 1.165) is 11.3 Å². The Kier molecular flexibility index (Phi) is 4.19. The fourth-order valence-corrected chi connectivity index (χ4v) is 4.28. The molecule has 2 aromatic heterocycles. The summed E-state index contributed by atoms with van der Waals surface area (Å²) in [4.78, 5) is 8.20. The second-order valence-electron chi connectivity index (χ2n) is 3.17. The van der Waals surface area contributed by atoms with Crippen LogP contribution < -0.4 is 4.72 Å². The highest BCUT2D eigenvalue weighted by Crippen LogP contribution is 2.26. The van der Waals surface area contributed by atoms with Crippen LogP contribution in [0.5, 0.6) is 0 Å². The third kappa shape index (κ3) is 3.30. The van der Waals surface area contributed by atoms with E-state index >= 15 is 0 Å². The second-order valence-corrected chi connectivity index (χ2v) is 7.72. The van der Waals surface area contributed by atoms with Gasteiger partial charge in [0.1, 0.15) is 19.8 Å². The van der Waals surface area contributed by atoms with Crippen molar-refractivity contribution in [1.82, 2.24) is 9.97 Å². The molecule has 0 atom stereocenters. The topological polar surface area (TPSA) is 95.7 Å². The van der Waals surface area contributed by atoms with Gasteiger partial charge in [0.15, 0.2) is 10.4 Å². The van der Waals surface area contributed by atoms with Gasteiger partial charge in [-0.15, -0.1) is 11.3 Å². The Bertz CT molecular complexity index is 767. The Morgan fingerprint density at radius 3 is 2.68 bits per heavy atom. The average Bonchev–Trinajstić information content (AvgIpc) is 2.82. The van der Waals surface area contributed by atoms with Crippen LogP contribution in [0.25, 0.3) is 0 Å². The number of aromatic nitrogens is 2. The zero-order chi connectivity index (χ0) is 14.0. The molecule has 0 unspecified atom stereocenters. The lowest BCUT2D eigenvalue weighted by Crippen LogP contribution is -2.13. The molecule has 1 N–H and O–H groups in total. The highest BCUT2D eigenvalue weighted by Gasteiger charge is 2.19. The second kappa shape index (κ2) is 5.54. The third-order valence-corrected chi connectivity index (χ3v) is 5.64. The summed E-state index contributed by atoms with van der Waals surface area (Å²) >= 11 is 7.11. The number of nitriles is 1. The van der Waals surface area contributed by atoms with Gasteiger partial charge in [0, 0.05) is 0 Å². The maximum absolute atomic E-state index is 12.1. The van der Waals surface area contributed by atoms with Crippen LogP contribution in [-0.2, 0) is 10.0 Å².